The van der Waals surface area contributed by atoms with Crippen LogP contribution in [0.5, 0.6) is 11.5 Å². The Morgan fingerprint density at radius 2 is 1.93 bits per heavy atom. The molecule has 240 valence electrons. The van der Waals surface area contributed by atoms with E-state index in [9.17, 15) is 22.8 Å². The minimum Gasteiger partial charge on any atom is -0.487 e. The highest BCUT2D eigenvalue weighted by Crippen LogP contribution is 2.26. The van der Waals surface area contributed by atoms with Crippen LogP contribution in [0.4, 0.5) is 0 Å². The molecule has 0 spiro atoms. The SMILES string of the molecule is CN(Cc1cscn1)C(=O)c1cc2cc(c1)C(=O)N[C@H]1CN(S(=O)(=O)c3cnn(C)c3)C[C@@H]1Oc1ccc(cc1)CNC(=O)CO2. The second-order valence-corrected chi connectivity index (χ2v) is 13.7. The van der Waals surface area contributed by atoms with Crippen molar-refractivity contribution in [1.82, 2.24) is 34.6 Å². The Morgan fingerprint density at radius 3 is 2.65 bits per heavy atom. The van der Waals surface area contributed by atoms with Gasteiger partial charge >= 0.3 is 0 Å². The van der Waals surface area contributed by atoms with E-state index in [2.05, 4.69) is 20.7 Å². The average Bonchev–Trinajstić information content (AvgIpc) is 3.81. The molecule has 2 aromatic heterocycles. The van der Waals surface area contributed by atoms with Gasteiger partial charge in [0.2, 0.25) is 10.0 Å². The molecule has 14 nitrogen and oxygen atoms in total. The third-order valence-corrected chi connectivity index (χ3v) is 10.0. The van der Waals surface area contributed by atoms with E-state index in [-0.39, 0.29) is 60.5 Å². The molecule has 4 aromatic rings. The van der Waals surface area contributed by atoms with Crippen LogP contribution in [0.1, 0.15) is 32.0 Å². The van der Waals surface area contributed by atoms with Crippen molar-refractivity contribution in [2.45, 2.75) is 30.1 Å². The number of carbonyl (C=O) groups excluding carboxylic acids is 3. The summed E-state index contributed by atoms with van der Waals surface area (Å²) >= 11 is 1.41. The molecule has 4 bridgehead atoms. The summed E-state index contributed by atoms with van der Waals surface area (Å²) in [5.74, 6) is -0.755. The number of rotatable bonds is 5. The molecular formula is C30H31N7O7S2. The largest absolute Gasteiger partial charge is 0.487 e. The molecule has 0 aliphatic carbocycles. The van der Waals surface area contributed by atoms with Crippen LogP contribution < -0.4 is 20.1 Å². The number of fused-ring (bicyclic) bond motifs is 7. The first-order valence-corrected chi connectivity index (χ1v) is 16.7. The van der Waals surface area contributed by atoms with E-state index in [4.69, 9.17) is 9.47 Å². The Morgan fingerprint density at radius 1 is 1.13 bits per heavy atom. The molecule has 3 aliphatic rings. The molecule has 2 N–H and O–H groups in total. The number of hydrogen-bond donors (Lipinski definition) is 2. The van der Waals surface area contributed by atoms with Gasteiger partial charge in [-0.15, -0.1) is 11.3 Å². The smallest absolute Gasteiger partial charge is 0.258 e. The first-order valence-electron chi connectivity index (χ1n) is 14.3. The Hall–Kier alpha value is -4.80. The number of nitrogens with one attached hydrogen (secondary N) is 2. The van der Waals surface area contributed by atoms with Crippen LogP contribution in [-0.2, 0) is 35.0 Å². The number of aryl methyl sites for hydroxylation is 1. The molecule has 0 unspecified atom stereocenters. The summed E-state index contributed by atoms with van der Waals surface area (Å²) < 4.78 is 41.6. The van der Waals surface area contributed by atoms with Gasteiger partial charge in [0.25, 0.3) is 17.7 Å². The minimum atomic E-state index is -3.94. The van der Waals surface area contributed by atoms with Crippen molar-refractivity contribution in [3.8, 4) is 11.5 Å². The number of hydrogen-bond acceptors (Lipinski definition) is 10. The predicted molar refractivity (Wildman–Crippen MR) is 166 cm³/mol. The molecule has 7 rings (SSSR count). The van der Waals surface area contributed by atoms with Gasteiger partial charge < -0.3 is 25.0 Å². The molecular weight excluding hydrogens is 635 g/mol. The van der Waals surface area contributed by atoms with E-state index in [0.717, 1.165) is 5.56 Å². The fraction of sp³-hybridized carbons (Fsp3) is 0.300. The number of sulfonamides is 1. The van der Waals surface area contributed by atoms with E-state index >= 15 is 0 Å². The van der Waals surface area contributed by atoms with Gasteiger partial charge in [0.1, 0.15) is 22.5 Å². The van der Waals surface area contributed by atoms with Crippen molar-refractivity contribution in [3.05, 3.63) is 88.1 Å². The number of aromatic nitrogens is 3. The second-order valence-electron chi connectivity index (χ2n) is 11.0. The van der Waals surface area contributed by atoms with E-state index in [1.165, 1.54) is 55.8 Å². The zero-order valence-corrected chi connectivity index (χ0v) is 26.6. The molecule has 1 saturated heterocycles. The highest BCUT2D eigenvalue weighted by Gasteiger charge is 2.42. The summed E-state index contributed by atoms with van der Waals surface area (Å²) in [5, 5.41) is 11.5. The van der Waals surface area contributed by atoms with Gasteiger partial charge in [-0.05, 0) is 35.9 Å². The van der Waals surface area contributed by atoms with Gasteiger partial charge in [-0.2, -0.15) is 9.40 Å². The van der Waals surface area contributed by atoms with Crippen LogP contribution in [0.3, 0.4) is 0 Å². The van der Waals surface area contributed by atoms with Crippen molar-refractivity contribution in [1.29, 1.82) is 0 Å². The topological polar surface area (TPSA) is 165 Å². The lowest BCUT2D eigenvalue weighted by Crippen LogP contribution is -2.45. The normalized spacial score (nSPS) is 18.9. The van der Waals surface area contributed by atoms with Crippen LogP contribution in [0.25, 0.3) is 0 Å². The molecule has 2 atom stereocenters. The van der Waals surface area contributed by atoms with Gasteiger partial charge in [-0.3, -0.25) is 19.1 Å². The molecule has 46 heavy (non-hydrogen) atoms. The van der Waals surface area contributed by atoms with Gasteiger partial charge in [0.05, 0.1) is 36.5 Å². The molecule has 3 amide bonds. The lowest BCUT2D eigenvalue weighted by Gasteiger charge is -2.22. The first-order chi connectivity index (χ1) is 22.0. The molecule has 0 saturated carbocycles. The van der Waals surface area contributed by atoms with Crippen LogP contribution in [0, 0.1) is 0 Å². The van der Waals surface area contributed by atoms with Gasteiger partial charge in [0.15, 0.2) is 6.61 Å². The summed E-state index contributed by atoms with van der Waals surface area (Å²) in [7, 11) is -0.701. The van der Waals surface area contributed by atoms with E-state index in [0.29, 0.717) is 11.4 Å². The number of ether oxygens (including phenoxy) is 2. The van der Waals surface area contributed by atoms with Crippen LogP contribution in [-0.4, -0.2) is 89.0 Å². The summed E-state index contributed by atoms with van der Waals surface area (Å²) in [5.41, 5.74) is 3.45. The quantitative estimate of drug-likeness (QED) is 0.321. The lowest BCUT2D eigenvalue weighted by atomic mass is 10.1. The summed E-state index contributed by atoms with van der Waals surface area (Å²) in [6.07, 6.45) is 1.93. The highest BCUT2D eigenvalue weighted by molar-refractivity contribution is 7.89. The standard InChI is InChI=1S/C30H31N7O7S2/c1-35(12-22-17-45-18-32-22)30(40)21-7-20-8-24(9-21)43-16-28(38)31-10-19-3-5-23(6-4-19)44-27-15-37(14-26(27)34-29(20)39)46(41,42)25-11-33-36(2)13-25/h3-9,11,13,17-18,26-27H,10,12,14-16H2,1-2H3,(H,31,38)(H,34,39)/t26-,27-/m0/s1. The molecule has 16 heteroatoms. The Kier molecular flexibility index (Phi) is 8.75. The maximum atomic E-state index is 13.8. The van der Waals surface area contributed by atoms with E-state index < -0.39 is 34.0 Å². The van der Waals surface area contributed by atoms with Crippen molar-refractivity contribution >= 4 is 39.1 Å². The number of nitrogens with zero attached hydrogens (tertiary/aromatic N) is 5. The summed E-state index contributed by atoms with van der Waals surface area (Å²) in [6.45, 7) is 0.0352. The van der Waals surface area contributed by atoms with Gasteiger partial charge in [-0.25, -0.2) is 13.4 Å². The van der Waals surface area contributed by atoms with E-state index in [1.54, 1.807) is 43.9 Å². The van der Waals surface area contributed by atoms with Crippen molar-refractivity contribution in [2.24, 2.45) is 7.05 Å². The predicted octanol–water partition coefficient (Wildman–Crippen LogP) is 1.41. The molecule has 0 radical (unpaired) electrons. The number of amides is 3. The highest BCUT2D eigenvalue weighted by atomic mass is 32.2. The number of benzene rings is 2. The molecule has 3 aliphatic heterocycles. The van der Waals surface area contributed by atoms with Crippen molar-refractivity contribution in [3.63, 3.8) is 0 Å². The van der Waals surface area contributed by atoms with Crippen molar-refractivity contribution < 1.29 is 32.3 Å². The second kappa shape index (κ2) is 12.9. The molecule has 5 heterocycles. The first kappa shape index (κ1) is 31.2. The summed E-state index contributed by atoms with van der Waals surface area (Å²) in [6, 6.07) is 10.6. The van der Waals surface area contributed by atoms with Crippen LogP contribution in [0.15, 0.2) is 70.6 Å². The lowest BCUT2D eigenvalue weighted by molar-refractivity contribution is -0.123. The zero-order chi connectivity index (χ0) is 32.4. The Balaban J connectivity index is 1.32. The molecule has 1 fully saturated rings. The Labute approximate surface area is 269 Å². The average molecular weight is 666 g/mol. The minimum absolute atomic E-state index is 0.0244. The van der Waals surface area contributed by atoms with Crippen molar-refractivity contribution in [2.75, 3.05) is 26.7 Å². The van der Waals surface area contributed by atoms with Gasteiger partial charge in [0, 0.05) is 49.9 Å². The number of carbonyl (C=O) groups is 3. The fourth-order valence-electron chi connectivity index (χ4n) is 5.18. The fourth-order valence-corrected chi connectivity index (χ4v) is 7.19. The van der Waals surface area contributed by atoms with Crippen LogP contribution in [0.2, 0.25) is 0 Å². The Bertz CT molecular complexity index is 1860. The van der Waals surface area contributed by atoms with E-state index in [1.807, 2.05) is 5.38 Å². The maximum absolute atomic E-state index is 13.8. The number of thiazole rings is 1. The van der Waals surface area contributed by atoms with Crippen LogP contribution >= 0.6 is 11.3 Å². The zero-order valence-electron chi connectivity index (χ0n) is 25.0. The molecule has 2 aromatic carbocycles. The third-order valence-electron chi connectivity index (χ3n) is 7.58. The monoisotopic (exact) mass is 665 g/mol. The van der Waals surface area contributed by atoms with Gasteiger partial charge in [-0.1, -0.05) is 12.1 Å². The third kappa shape index (κ3) is 6.88. The maximum Gasteiger partial charge on any atom is 0.258 e. The summed E-state index contributed by atoms with van der Waals surface area (Å²) in [4.78, 5) is 45.5.